The first-order valence-corrected chi connectivity index (χ1v) is 6.13. The van der Waals surface area contributed by atoms with Gasteiger partial charge in [0.2, 0.25) is 0 Å². The van der Waals surface area contributed by atoms with Crippen molar-refractivity contribution < 1.29 is 14.4 Å². The number of nitrogens with one attached hydrogen (secondary N) is 1. The Hall–Kier alpha value is -1.20. The molecule has 0 atom stereocenters. The number of phenolic OH excluding ortho intramolecular Hbond substituents is 1. The first-order valence-electron chi connectivity index (χ1n) is 6.13. The normalized spacial score (nSPS) is 21.1. The van der Waals surface area contributed by atoms with E-state index in [-0.39, 0.29) is 5.75 Å². The fourth-order valence-corrected chi connectivity index (χ4v) is 1.87. The minimum Gasteiger partial charge on any atom is -0.508 e. The molecule has 1 aromatic carbocycles. The summed E-state index contributed by atoms with van der Waals surface area (Å²) in [6, 6.07) is 5.30. The van der Waals surface area contributed by atoms with Gasteiger partial charge < -0.3 is 19.7 Å². The van der Waals surface area contributed by atoms with Gasteiger partial charge in [0.15, 0.2) is 0 Å². The summed E-state index contributed by atoms with van der Waals surface area (Å²) in [7, 11) is 1.30. The van der Waals surface area contributed by atoms with Crippen LogP contribution in [-0.4, -0.2) is 30.5 Å². The molecule has 1 aromatic rings. The lowest BCUT2D eigenvalue weighted by Crippen LogP contribution is -2.41. The van der Waals surface area contributed by atoms with Crippen LogP contribution in [0.25, 0.3) is 0 Å². The molecule has 0 saturated carbocycles. The molecule has 1 aliphatic heterocycles. The second-order valence-corrected chi connectivity index (χ2v) is 5.61. The van der Waals surface area contributed by atoms with Crippen LogP contribution in [0.3, 0.4) is 0 Å². The van der Waals surface area contributed by atoms with Crippen LogP contribution in [0, 0.1) is 0 Å². The Morgan fingerprint density at radius 3 is 2.17 bits per heavy atom. The first kappa shape index (κ1) is 13.2. The zero-order chi connectivity index (χ0) is 13.6. The van der Waals surface area contributed by atoms with Gasteiger partial charge in [-0.25, -0.2) is 0 Å². The fourth-order valence-electron chi connectivity index (χ4n) is 1.87. The maximum absolute atomic E-state index is 9.94. The smallest absolute Gasteiger partial charge is 0.498 e. The van der Waals surface area contributed by atoms with Crippen molar-refractivity contribution in [1.29, 1.82) is 0 Å². The summed E-state index contributed by atoms with van der Waals surface area (Å²) in [4.78, 5) is 0. The third-order valence-corrected chi connectivity index (χ3v) is 3.82. The monoisotopic (exact) mass is 249 g/mol. The Morgan fingerprint density at radius 2 is 1.67 bits per heavy atom. The van der Waals surface area contributed by atoms with Crippen LogP contribution < -0.4 is 10.8 Å². The van der Waals surface area contributed by atoms with Gasteiger partial charge in [0.05, 0.1) is 11.2 Å². The van der Waals surface area contributed by atoms with Crippen molar-refractivity contribution in [2.45, 2.75) is 38.9 Å². The summed E-state index contributed by atoms with van der Waals surface area (Å²) in [5.74, 6) is 0.188. The molecular formula is C13H20BNO3. The minimum absolute atomic E-state index is 0.188. The van der Waals surface area contributed by atoms with Crippen LogP contribution in [0.15, 0.2) is 18.2 Å². The molecule has 0 bridgehead atoms. The molecule has 2 N–H and O–H groups in total. The number of benzene rings is 1. The van der Waals surface area contributed by atoms with Gasteiger partial charge in [-0.05, 0) is 45.9 Å². The lowest BCUT2D eigenvalue weighted by Gasteiger charge is -2.32. The lowest BCUT2D eigenvalue weighted by atomic mass is 9.78. The van der Waals surface area contributed by atoms with Crippen molar-refractivity contribution in [3.63, 3.8) is 0 Å². The predicted molar refractivity (Wildman–Crippen MR) is 73.4 cm³/mol. The predicted octanol–water partition coefficient (Wildman–Crippen LogP) is 1.73. The van der Waals surface area contributed by atoms with Gasteiger partial charge in [0.25, 0.3) is 0 Å². The van der Waals surface area contributed by atoms with Crippen LogP contribution in [0.5, 0.6) is 5.75 Å². The highest BCUT2D eigenvalue weighted by molar-refractivity contribution is 6.63. The van der Waals surface area contributed by atoms with Gasteiger partial charge in [-0.3, -0.25) is 0 Å². The number of aromatic hydroxyl groups is 1. The summed E-state index contributed by atoms with van der Waals surface area (Å²) in [5.41, 5.74) is 0.762. The maximum atomic E-state index is 9.94. The molecule has 98 valence electrons. The molecule has 0 amide bonds. The van der Waals surface area contributed by atoms with E-state index in [9.17, 15) is 5.11 Å². The Balaban J connectivity index is 2.34. The van der Waals surface area contributed by atoms with Crippen molar-refractivity contribution >= 4 is 18.3 Å². The van der Waals surface area contributed by atoms with Crippen LogP contribution in [0.1, 0.15) is 27.7 Å². The molecular weight excluding hydrogens is 229 g/mol. The van der Waals surface area contributed by atoms with Gasteiger partial charge >= 0.3 is 7.12 Å². The molecule has 0 radical (unpaired) electrons. The van der Waals surface area contributed by atoms with E-state index in [1.807, 2.05) is 46.9 Å². The Bertz CT molecular complexity index is 444. The van der Waals surface area contributed by atoms with E-state index in [0.717, 1.165) is 5.69 Å². The number of hydrogen-bond donors (Lipinski definition) is 2. The fraction of sp³-hybridized carbons (Fsp3) is 0.538. The van der Waals surface area contributed by atoms with E-state index in [0.29, 0.717) is 5.46 Å². The summed E-state index contributed by atoms with van der Waals surface area (Å²) >= 11 is 0. The van der Waals surface area contributed by atoms with Gasteiger partial charge in [-0.1, -0.05) is 0 Å². The van der Waals surface area contributed by atoms with Crippen LogP contribution in [0.4, 0.5) is 5.69 Å². The number of hydrogen-bond acceptors (Lipinski definition) is 4. The molecule has 4 nitrogen and oxygen atoms in total. The molecule has 5 heteroatoms. The Kier molecular flexibility index (Phi) is 3.07. The highest BCUT2D eigenvalue weighted by Gasteiger charge is 2.52. The molecule has 1 saturated heterocycles. The molecule has 1 fully saturated rings. The largest absolute Gasteiger partial charge is 0.508 e. The average Bonchev–Trinajstić information content (AvgIpc) is 2.48. The average molecular weight is 249 g/mol. The summed E-state index contributed by atoms with van der Waals surface area (Å²) in [6.07, 6.45) is 0. The molecule has 0 spiro atoms. The molecule has 0 aromatic heterocycles. The van der Waals surface area contributed by atoms with E-state index >= 15 is 0 Å². The summed E-state index contributed by atoms with van der Waals surface area (Å²) in [5, 5.41) is 13.0. The van der Waals surface area contributed by atoms with Gasteiger partial charge in [-0.15, -0.1) is 0 Å². The zero-order valence-corrected chi connectivity index (χ0v) is 11.6. The van der Waals surface area contributed by atoms with Crippen molar-refractivity contribution in [2.24, 2.45) is 0 Å². The third kappa shape index (κ3) is 2.08. The molecule has 0 unspecified atom stereocenters. The number of rotatable bonds is 2. The first-order chi connectivity index (χ1) is 8.27. The van der Waals surface area contributed by atoms with Crippen molar-refractivity contribution in [2.75, 3.05) is 12.4 Å². The van der Waals surface area contributed by atoms with Crippen LogP contribution in [0.2, 0.25) is 0 Å². The molecule has 18 heavy (non-hydrogen) atoms. The summed E-state index contributed by atoms with van der Waals surface area (Å²) in [6.45, 7) is 7.97. The van der Waals surface area contributed by atoms with E-state index < -0.39 is 18.3 Å². The maximum Gasteiger partial charge on any atom is 0.498 e. The second-order valence-electron chi connectivity index (χ2n) is 5.61. The van der Waals surface area contributed by atoms with Gasteiger partial charge in [0, 0.05) is 18.2 Å². The van der Waals surface area contributed by atoms with E-state index in [1.165, 1.54) is 0 Å². The Morgan fingerprint density at radius 1 is 1.11 bits per heavy atom. The van der Waals surface area contributed by atoms with Crippen LogP contribution in [-0.2, 0) is 9.31 Å². The number of anilines is 1. The lowest BCUT2D eigenvalue weighted by molar-refractivity contribution is 0.00578. The minimum atomic E-state index is -0.539. The standard InChI is InChI=1S/C13H20BNO3/c1-12(2)13(3,4)18-14(17-12)10-8-9(15-5)6-7-11(10)16/h6-8,15-16H,1-5H3. The van der Waals surface area contributed by atoms with Gasteiger partial charge in [-0.2, -0.15) is 0 Å². The van der Waals surface area contributed by atoms with Crippen molar-refractivity contribution in [1.82, 2.24) is 0 Å². The number of phenols is 1. The van der Waals surface area contributed by atoms with E-state index in [1.54, 1.807) is 6.07 Å². The van der Waals surface area contributed by atoms with Gasteiger partial charge in [0.1, 0.15) is 5.75 Å². The highest BCUT2D eigenvalue weighted by Crippen LogP contribution is 2.37. The highest BCUT2D eigenvalue weighted by atomic mass is 16.7. The zero-order valence-electron chi connectivity index (χ0n) is 11.6. The van der Waals surface area contributed by atoms with Crippen LogP contribution >= 0.6 is 0 Å². The molecule has 0 aliphatic carbocycles. The third-order valence-electron chi connectivity index (χ3n) is 3.82. The molecule has 1 heterocycles. The summed E-state index contributed by atoms with van der Waals surface area (Å²) < 4.78 is 11.8. The quantitative estimate of drug-likeness (QED) is 0.619. The van der Waals surface area contributed by atoms with E-state index in [2.05, 4.69) is 5.32 Å². The molecule has 2 rings (SSSR count). The van der Waals surface area contributed by atoms with Crippen molar-refractivity contribution in [3.8, 4) is 5.75 Å². The Labute approximate surface area is 108 Å². The van der Waals surface area contributed by atoms with Crippen molar-refractivity contribution in [3.05, 3.63) is 18.2 Å². The molecule has 1 aliphatic rings. The van der Waals surface area contributed by atoms with E-state index in [4.69, 9.17) is 9.31 Å². The SMILES string of the molecule is CNc1ccc(O)c(B2OC(C)(C)C(C)(C)O2)c1. The second kappa shape index (κ2) is 4.18. The topological polar surface area (TPSA) is 50.7 Å².